The number of aliphatic imine (C=N–C) groups is 1. The Kier molecular flexibility index (Phi) is 9.45. The van der Waals surface area contributed by atoms with Gasteiger partial charge in [0, 0.05) is 39.3 Å². The molecule has 1 heterocycles. The van der Waals surface area contributed by atoms with Gasteiger partial charge in [-0.15, -0.1) is 0 Å². The minimum absolute atomic E-state index is 0.321. The summed E-state index contributed by atoms with van der Waals surface area (Å²) in [5.74, 6) is 0.833. The molecule has 1 atom stereocenters. The van der Waals surface area contributed by atoms with E-state index in [0.717, 1.165) is 51.9 Å². The molecule has 0 aliphatic carbocycles. The Bertz CT molecular complexity index is 550. The lowest BCUT2D eigenvalue weighted by Gasteiger charge is -2.31. The van der Waals surface area contributed by atoms with Crippen LogP contribution >= 0.6 is 0 Å². The molecule has 0 saturated carbocycles. The van der Waals surface area contributed by atoms with Gasteiger partial charge in [-0.2, -0.15) is 0 Å². The quantitative estimate of drug-likeness (QED) is 0.400. The lowest BCUT2D eigenvalue weighted by atomic mass is 10.1. The van der Waals surface area contributed by atoms with Gasteiger partial charge in [0.05, 0.1) is 25.9 Å². The second kappa shape index (κ2) is 11.9. The molecular formula is C20H34N4O2. The van der Waals surface area contributed by atoms with Crippen molar-refractivity contribution in [3.63, 3.8) is 0 Å². The number of hydrogen-bond acceptors (Lipinski definition) is 4. The fourth-order valence-corrected chi connectivity index (χ4v) is 3.02. The normalized spacial score (nSPS) is 18.7. The molecule has 146 valence electrons. The molecule has 1 aliphatic heterocycles. The van der Waals surface area contributed by atoms with Crippen molar-refractivity contribution in [3.8, 4) is 0 Å². The van der Waals surface area contributed by atoms with Crippen LogP contribution in [0.15, 0.2) is 29.3 Å². The second-order valence-corrected chi connectivity index (χ2v) is 6.56. The van der Waals surface area contributed by atoms with E-state index in [1.165, 1.54) is 11.1 Å². The highest BCUT2D eigenvalue weighted by Gasteiger charge is 2.16. The summed E-state index contributed by atoms with van der Waals surface area (Å²) in [7, 11) is 0. The summed E-state index contributed by atoms with van der Waals surface area (Å²) in [6.45, 7) is 13.7. The first-order chi connectivity index (χ1) is 12.7. The van der Waals surface area contributed by atoms with Crippen LogP contribution in [0, 0.1) is 0 Å². The van der Waals surface area contributed by atoms with Crippen LogP contribution < -0.4 is 10.6 Å². The first-order valence-corrected chi connectivity index (χ1v) is 9.73. The summed E-state index contributed by atoms with van der Waals surface area (Å²) in [5, 5.41) is 6.58. The van der Waals surface area contributed by atoms with Crippen LogP contribution in [-0.4, -0.2) is 63.0 Å². The van der Waals surface area contributed by atoms with Crippen molar-refractivity contribution < 1.29 is 9.47 Å². The first kappa shape index (κ1) is 20.7. The molecule has 1 aromatic carbocycles. The number of benzene rings is 1. The number of rotatable bonds is 9. The molecule has 26 heavy (non-hydrogen) atoms. The summed E-state index contributed by atoms with van der Waals surface area (Å²) < 4.78 is 11.0. The molecule has 6 nitrogen and oxygen atoms in total. The molecule has 1 aliphatic rings. The Morgan fingerprint density at radius 1 is 1.31 bits per heavy atom. The Labute approximate surface area is 158 Å². The van der Waals surface area contributed by atoms with Crippen LogP contribution in [0.2, 0.25) is 0 Å². The van der Waals surface area contributed by atoms with E-state index >= 15 is 0 Å². The van der Waals surface area contributed by atoms with Crippen LogP contribution in [0.4, 0.5) is 0 Å². The number of hydrogen-bond donors (Lipinski definition) is 2. The van der Waals surface area contributed by atoms with Crippen molar-refractivity contribution in [1.82, 2.24) is 15.5 Å². The monoisotopic (exact) mass is 362 g/mol. The van der Waals surface area contributed by atoms with Gasteiger partial charge >= 0.3 is 0 Å². The topological polar surface area (TPSA) is 58.1 Å². The molecule has 2 rings (SSSR count). The molecule has 0 radical (unpaired) electrons. The molecular weight excluding hydrogens is 328 g/mol. The van der Waals surface area contributed by atoms with E-state index in [4.69, 9.17) is 9.47 Å². The zero-order chi connectivity index (χ0) is 18.6. The highest BCUT2D eigenvalue weighted by Crippen LogP contribution is 2.12. The molecule has 0 aromatic heterocycles. The Balaban J connectivity index is 1.88. The van der Waals surface area contributed by atoms with Gasteiger partial charge in [0.2, 0.25) is 0 Å². The van der Waals surface area contributed by atoms with Crippen LogP contribution in [0.1, 0.15) is 31.9 Å². The molecule has 0 spiro atoms. The maximum atomic E-state index is 5.62. The average Bonchev–Trinajstić information content (AvgIpc) is 2.63. The van der Waals surface area contributed by atoms with E-state index in [-0.39, 0.29) is 0 Å². The summed E-state index contributed by atoms with van der Waals surface area (Å²) in [6, 6.07) is 8.71. The molecule has 1 unspecified atom stereocenters. The van der Waals surface area contributed by atoms with Gasteiger partial charge in [-0.3, -0.25) is 4.90 Å². The third-order valence-electron chi connectivity index (χ3n) is 4.23. The number of morpholine rings is 1. The van der Waals surface area contributed by atoms with Crippen LogP contribution in [0.25, 0.3) is 0 Å². The first-order valence-electron chi connectivity index (χ1n) is 9.73. The van der Waals surface area contributed by atoms with Gasteiger partial charge in [0.25, 0.3) is 0 Å². The van der Waals surface area contributed by atoms with E-state index in [1.807, 2.05) is 6.92 Å². The van der Waals surface area contributed by atoms with Crippen molar-refractivity contribution >= 4 is 5.96 Å². The second-order valence-electron chi connectivity index (χ2n) is 6.56. The largest absolute Gasteiger partial charge is 0.380 e. The zero-order valence-corrected chi connectivity index (χ0v) is 16.5. The third kappa shape index (κ3) is 7.72. The van der Waals surface area contributed by atoms with Gasteiger partial charge < -0.3 is 20.1 Å². The van der Waals surface area contributed by atoms with Gasteiger partial charge in [-0.05, 0) is 31.9 Å². The third-order valence-corrected chi connectivity index (χ3v) is 4.23. The van der Waals surface area contributed by atoms with Crippen LogP contribution in [-0.2, 0) is 22.6 Å². The van der Waals surface area contributed by atoms with Gasteiger partial charge in [-0.1, -0.05) is 24.3 Å². The smallest absolute Gasteiger partial charge is 0.191 e. The molecule has 1 saturated heterocycles. The highest BCUT2D eigenvalue weighted by atomic mass is 16.5. The summed E-state index contributed by atoms with van der Waals surface area (Å²) in [5.41, 5.74) is 2.56. The molecule has 0 bridgehead atoms. The number of guanidine groups is 1. The molecule has 1 aromatic rings. The van der Waals surface area contributed by atoms with Crippen LogP contribution in [0.3, 0.4) is 0 Å². The van der Waals surface area contributed by atoms with Crippen molar-refractivity contribution in [2.45, 2.75) is 40.0 Å². The van der Waals surface area contributed by atoms with Gasteiger partial charge in [-0.25, -0.2) is 4.99 Å². The Hall–Kier alpha value is -1.63. The van der Waals surface area contributed by atoms with Crippen molar-refractivity contribution in [2.75, 3.05) is 46.0 Å². The van der Waals surface area contributed by atoms with Crippen LogP contribution in [0.5, 0.6) is 0 Å². The van der Waals surface area contributed by atoms with E-state index in [1.54, 1.807) is 0 Å². The summed E-state index contributed by atoms with van der Waals surface area (Å²) in [6.07, 6.45) is 0.321. The molecule has 1 fully saturated rings. The minimum atomic E-state index is 0.321. The lowest BCUT2D eigenvalue weighted by Crippen LogP contribution is -2.40. The van der Waals surface area contributed by atoms with Crippen molar-refractivity contribution in [3.05, 3.63) is 35.4 Å². The lowest BCUT2D eigenvalue weighted by molar-refractivity contribution is -0.0212. The van der Waals surface area contributed by atoms with Gasteiger partial charge in [0.15, 0.2) is 5.96 Å². The summed E-state index contributed by atoms with van der Waals surface area (Å²) in [4.78, 5) is 7.14. The zero-order valence-electron chi connectivity index (χ0n) is 16.5. The Morgan fingerprint density at radius 3 is 2.92 bits per heavy atom. The molecule has 0 amide bonds. The molecule has 2 N–H and O–H groups in total. The predicted octanol–water partition coefficient (Wildman–Crippen LogP) is 2.00. The average molecular weight is 363 g/mol. The molecule has 6 heteroatoms. The fraction of sp³-hybridized carbons (Fsp3) is 0.650. The fourth-order valence-electron chi connectivity index (χ4n) is 3.02. The van der Waals surface area contributed by atoms with E-state index in [0.29, 0.717) is 19.3 Å². The van der Waals surface area contributed by atoms with E-state index < -0.39 is 0 Å². The van der Waals surface area contributed by atoms with Crippen molar-refractivity contribution in [2.24, 2.45) is 4.99 Å². The minimum Gasteiger partial charge on any atom is -0.380 e. The van der Waals surface area contributed by atoms with E-state index in [9.17, 15) is 0 Å². The Morgan fingerprint density at radius 2 is 2.15 bits per heavy atom. The standard InChI is InChI=1S/C20H34N4O2/c1-4-21-20(22-9-11-25-5-2)23-14-18-7-6-8-19(13-18)16-24-10-12-26-17(3)15-24/h6-8,13,17H,4-5,9-12,14-16H2,1-3H3,(H2,21,22,23). The summed E-state index contributed by atoms with van der Waals surface area (Å²) >= 11 is 0. The van der Waals surface area contributed by atoms with E-state index in [2.05, 4.69) is 58.6 Å². The maximum Gasteiger partial charge on any atom is 0.191 e. The number of nitrogens with one attached hydrogen (secondary N) is 2. The maximum absolute atomic E-state index is 5.62. The number of ether oxygens (including phenoxy) is 2. The number of nitrogens with zero attached hydrogens (tertiary/aromatic N) is 2. The SMILES string of the molecule is CCNC(=NCc1cccc(CN2CCOC(C)C2)c1)NCCOCC. The highest BCUT2D eigenvalue weighted by molar-refractivity contribution is 5.79. The van der Waals surface area contributed by atoms with Crippen molar-refractivity contribution in [1.29, 1.82) is 0 Å². The predicted molar refractivity (Wildman–Crippen MR) is 106 cm³/mol. The van der Waals surface area contributed by atoms with Gasteiger partial charge in [0.1, 0.15) is 0 Å².